The van der Waals surface area contributed by atoms with Crippen LogP contribution in [0.4, 0.5) is 26.3 Å². The molecule has 210 valence electrons. The molecule has 2 aromatic heterocycles. The van der Waals surface area contributed by atoms with Crippen molar-refractivity contribution >= 4 is 11.6 Å². The first-order valence-corrected chi connectivity index (χ1v) is 12.1. The summed E-state index contributed by atoms with van der Waals surface area (Å²) in [7, 11) is 0. The van der Waals surface area contributed by atoms with E-state index in [0.717, 1.165) is 24.4 Å². The zero-order valence-corrected chi connectivity index (χ0v) is 21.3. The third kappa shape index (κ3) is 6.87. The smallest absolute Gasteiger partial charge is 0.298 e. The van der Waals surface area contributed by atoms with Crippen molar-refractivity contribution in [2.24, 2.45) is 0 Å². The Morgan fingerprint density at radius 2 is 1.76 bits per heavy atom. The van der Waals surface area contributed by atoms with Crippen LogP contribution >= 0.6 is 0 Å². The first-order valence-electron chi connectivity index (χ1n) is 12.1. The summed E-state index contributed by atoms with van der Waals surface area (Å²) in [6.45, 7) is 0.579. The highest BCUT2D eigenvalue weighted by atomic mass is 19.4. The zero-order valence-electron chi connectivity index (χ0n) is 21.3. The molecule has 6 nitrogen and oxygen atoms in total. The Morgan fingerprint density at radius 1 is 1.05 bits per heavy atom. The molecular formula is C29H20F6N4O2. The van der Waals surface area contributed by atoms with E-state index in [1.165, 1.54) is 31.3 Å². The lowest BCUT2D eigenvalue weighted by molar-refractivity contribution is -0.142. The fourth-order valence-electron chi connectivity index (χ4n) is 4.54. The van der Waals surface area contributed by atoms with Gasteiger partial charge in [-0.1, -0.05) is 12.1 Å². The monoisotopic (exact) mass is 570 g/mol. The van der Waals surface area contributed by atoms with Gasteiger partial charge in [0.2, 0.25) is 0 Å². The molecule has 0 aliphatic carbocycles. The number of halogens is 6. The fourth-order valence-corrected chi connectivity index (χ4v) is 4.54. The molecule has 0 saturated heterocycles. The Labute approximate surface area is 229 Å². The summed E-state index contributed by atoms with van der Waals surface area (Å²) in [5, 5.41) is 12.4. The number of Topliss-reactive ketones (excluding diaryl/α,β-unsaturated/α-hetero) is 2. The van der Waals surface area contributed by atoms with Crippen LogP contribution in [0.15, 0.2) is 60.9 Å². The van der Waals surface area contributed by atoms with Crippen LogP contribution in [0, 0.1) is 28.8 Å². The van der Waals surface area contributed by atoms with Gasteiger partial charge in [0.1, 0.15) is 29.1 Å². The largest absolute Gasteiger partial charge is 0.436 e. The van der Waals surface area contributed by atoms with Gasteiger partial charge < -0.3 is 0 Å². The minimum absolute atomic E-state index is 0.0957. The number of nitriles is 1. The maximum absolute atomic E-state index is 14.2. The lowest BCUT2D eigenvalue weighted by Crippen LogP contribution is -2.18. The number of ketones is 2. The zero-order chi connectivity index (χ0) is 29.9. The third-order valence-electron chi connectivity index (χ3n) is 6.25. The predicted molar refractivity (Wildman–Crippen MR) is 134 cm³/mol. The molecule has 0 spiro atoms. The van der Waals surface area contributed by atoms with Crippen molar-refractivity contribution in [2.75, 3.05) is 0 Å². The van der Waals surface area contributed by atoms with E-state index in [-0.39, 0.29) is 29.7 Å². The summed E-state index contributed by atoms with van der Waals surface area (Å²) in [5.74, 6) is -4.41. The standard InChI is InChI=1S/C29H20F6N4O2/c1-16(40)25-11-18(4-5-26(25)32)24-3-2-6-37-27(24)19(7-17-8-21(30)12-22(31)9-17)10-23(41)15-39-14-20(13-36)28(38-39)29(33,34)35/h2-6,8-9,11-12,14,19H,7,10,15H2,1H3/t19-/m1/s1. The molecule has 41 heavy (non-hydrogen) atoms. The second-order valence-electron chi connectivity index (χ2n) is 9.31. The minimum Gasteiger partial charge on any atom is -0.298 e. The van der Waals surface area contributed by atoms with Gasteiger partial charge in [-0.3, -0.25) is 19.3 Å². The molecule has 0 saturated carbocycles. The topological polar surface area (TPSA) is 88.6 Å². The van der Waals surface area contributed by atoms with Crippen molar-refractivity contribution in [3.05, 3.63) is 106 Å². The van der Waals surface area contributed by atoms with Crippen molar-refractivity contribution in [1.29, 1.82) is 5.26 Å². The van der Waals surface area contributed by atoms with Gasteiger partial charge in [0.05, 0.1) is 17.8 Å². The molecule has 4 rings (SSSR count). The average Bonchev–Trinajstić information content (AvgIpc) is 3.31. The van der Waals surface area contributed by atoms with E-state index in [4.69, 9.17) is 5.26 Å². The van der Waals surface area contributed by atoms with Crippen LogP contribution in [-0.4, -0.2) is 26.3 Å². The summed E-state index contributed by atoms with van der Waals surface area (Å²) in [6.07, 6.45) is -3.11. The Bertz CT molecular complexity index is 1650. The number of pyridine rings is 1. The van der Waals surface area contributed by atoms with Gasteiger partial charge in [0.25, 0.3) is 0 Å². The number of carbonyl (C=O) groups is 2. The second-order valence-corrected chi connectivity index (χ2v) is 9.31. The summed E-state index contributed by atoms with van der Waals surface area (Å²) in [5.41, 5.74) is -1.08. The van der Waals surface area contributed by atoms with Crippen LogP contribution in [-0.2, 0) is 23.9 Å². The predicted octanol–water partition coefficient (Wildman–Crippen LogP) is 6.44. The van der Waals surface area contributed by atoms with Gasteiger partial charge in [-0.05, 0) is 54.8 Å². The molecular weight excluding hydrogens is 550 g/mol. The molecule has 2 aromatic carbocycles. The SMILES string of the molecule is CC(=O)c1cc(-c2cccnc2[C@@H](CC(=O)Cn2cc(C#N)c(C(F)(F)F)n2)Cc2cc(F)cc(F)c2)ccc1F. The number of aromatic nitrogens is 3. The molecule has 2 heterocycles. The first-order chi connectivity index (χ1) is 19.3. The summed E-state index contributed by atoms with van der Waals surface area (Å²) in [6, 6.07) is 11.3. The van der Waals surface area contributed by atoms with Gasteiger partial charge in [0.15, 0.2) is 17.3 Å². The van der Waals surface area contributed by atoms with Crippen LogP contribution in [0.1, 0.15) is 52.1 Å². The Morgan fingerprint density at radius 3 is 2.37 bits per heavy atom. The normalized spacial score (nSPS) is 12.1. The van der Waals surface area contributed by atoms with E-state index in [1.807, 2.05) is 0 Å². The van der Waals surface area contributed by atoms with Crippen LogP contribution in [0.3, 0.4) is 0 Å². The maximum Gasteiger partial charge on any atom is 0.436 e. The van der Waals surface area contributed by atoms with Gasteiger partial charge in [0, 0.05) is 36.4 Å². The molecule has 0 radical (unpaired) electrons. The highest BCUT2D eigenvalue weighted by Gasteiger charge is 2.37. The van der Waals surface area contributed by atoms with Crippen molar-refractivity contribution in [3.63, 3.8) is 0 Å². The first kappa shape index (κ1) is 29.2. The highest BCUT2D eigenvalue weighted by molar-refractivity contribution is 5.95. The van der Waals surface area contributed by atoms with E-state index in [9.17, 15) is 35.9 Å². The Balaban J connectivity index is 1.73. The molecule has 0 aliphatic heterocycles. The van der Waals surface area contributed by atoms with E-state index in [0.29, 0.717) is 21.9 Å². The number of hydrogen-bond acceptors (Lipinski definition) is 5. The number of alkyl halides is 3. The van der Waals surface area contributed by atoms with E-state index in [2.05, 4.69) is 10.1 Å². The van der Waals surface area contributed by atoms with Gasteiger partial charge in [-0.15, -0.1) is 0 Å². The summed E-state index contributed by atoms with van der Waals surface area (Å²) < 4.78 is 82.5. The van der Waals surface area contributed by atoms with Gasteiger partial charge in [-0.2, -0.15) is 23.5 Å². The number of hydrogen-bond donors (Lipinski definition) is 0. The molecule has 0 unspecified atom stereocenters. The molecule has 0 bridgehead atoms. The fraction of sp³-hybridized carbons (Fsp3) is 0.207. The summed E-state index contributed by atoms with van der Waals surface area (Å²) in [4.78, 5) is 29.4. The van der Waals surface area contributed by atoms with Crippen LogP contribution in [0.2, 0.25) is 0 Å². The van der Waals surface area contributed by atoms with Gasteiger partial charge in [-0.25, -0.2) is 13.2 Å². The number of benzene rings is 2. The van der Waals surface area contributed by atoms with Crippen LogP contribution in [0.25, 0.3) is 11.1 Å². The highest BCUT2D eigenvalue weighted by Crippen LogP contribution is 2.34. The Hall–Kier alpha value is -4.79. The van der Waals surface area contributed by atoms with Crippen LogP contribution in [0.5, 0.6) is 0 Å². The second kappa shape index (κ2) is 11.8. The number of nitrogens with zero attached hydrogens (tertiary/aromatic N) is 4. The lowest BCUT2D eigenvalue weighted by atomic mass is 9.86. The minimum atomic E-state index is -4.90. The van der Waals surface area contributed by atoms with Crippen molar-refractivity contribution in [2.45, 2.75) is 38.4 Å². The molecule has 0 N–H and O–H groups in total. The van der Waals surface area contributed by atoms with Crippen molar-refractivity contribution in [3.8, 4) is 17.2 Å². The van der Waals surface area contributed by atoms with Gasteiger partial charge >= 0.3 is 6.18 Å². The number of carbonyl (C=O) groups excluding carboxylic acids is 2. The maximum atomic E-state index is 14.2. The van der Waals surface area contributed by atoms with Crippen molar-refractivity contribution < 1.29 is 35.9 Å². The molecule has 12 heteroatoms. The lowest BCUT2D eigenvalue weighted by Gasteiger charge is -2.20. The quantitative estimate of drug-likeness (QED) is 0.171. The van der Waals surface area contributed by atoms with E-state index >= 15 is 0 Å². The third-order valence-corrected chi connectivity index (χ3v) is 6.25. The Kier molecular flexibility index (Phi) is 8.37. The average molecular weight is 570 g/mol. The molecule has 0 aliphatic rings. The van der Waals surface area contributed by atoms with Crippen LogP contribution < -0.4 is 0 Å². The molecule has 4 aromatic rings. The molecule has 0 amide bonds. The summed E-state index contributed by atoms with van der Waals surface area (Å²) >= 11 is 0. The van der Waals surface area contributed by atoms with E-state index < -0.39 is 58.9 Å². The molecule has 0 fully saturated rings. The van der Waals surface area contributed by atoms with E-state index in [1.54, 1.807) is 12.1 Å². The van der Waals surface area contributed by atoms with Crippen molar-refractivity contribution in [1.82, 2.24) is 14.8 Å². The molecule has 1 atom stereocenters. The number of rotatable bonds is 9.